The van der Waals surface area contributed by atoms with Gasteiger partial charge in [-0.05, 0) is 49.9 Å². The molecule has 1 saturated heterocycles. The maximum absolute atomic E-state index is 12.3. The molecule has 0 radical (unpaired) electrons. The first-order valence-corrected chi connectivity index (χ1v) is 9.76. The van der Waals surface area contributed by atoms with E-state index >= 15 is 0 Å². The lowest BCUT2D eigenvalue weighted by Crippen LogP contribution is -2.41. The fourth-order valence-corrected chi connectivity index (χ4v) is 3.68. The van der Waals surface area contributed by atoms with Gasteiger partial charge in [-0.1, -0.05) is 72.7 Å². The van der Waals surface area contributed by atoms with Gasteiger partial charge in [-0.15, -0.1) is 12.4 Å². The number of piperidine rings is 1. The van der Waals surface area contributed by atoms with Gasteiger partial charge < -0.3 is 0 Å². The summed E-state index contributed by atoms with van der Waals surface area (Å²) in [6, 6.07) is 19.5. The Morgan fingerprint density at radius 3 is 2.56 bits per heavy atom. The number of nitrogens with zero attached hydrogens (tertiary/aromatic N) is 1. The van der Waals surface area contributed by atoms with Gasteiger partial charge in [0.25, 0.3) is 0 Å². The summed E-state index contributed by atoms with van der Waals surface area (Å²) in [5.41, 5.74) is 3.72. The number of likely N-dealkylation sites (tertiary alicyclic amines) is 1. The second-order valence-corrected chi connectivity index (χ2v) is 7.34. The minimum Gasteiger partial charge on any atom is -0.300 e. The largest absolute Gasteiger partial charge is 0.300 e. The normalized spacial score (nSPS) is 17.6. The maximum Gasteiger partial charge on any atom is 0.156 e. The van der Waals surface area contributed by atoms with E-state index in [9.17, 15) is 4.79 Å². The second kappa shape index (κ2) is 11.1. The quantitative estimate of drug-likeness (QED) is 0.589. The Hall–Kier alpha value is -1.90. The molecule has 0 aromatic heterocycles. The Bertz CT molecular complexity index is 724. The summed E-state index contributed by atoms with van der Waals surface area (Å²) in [7, 11) is 0. The molecule has 0 spiro atoms. The van der Waals surface area contributed by atoms with E-state index in [4.69, 9.17) is 0 Å². The monoisotopic (exact) mass is 383 g/mol. The van der Waals surface area contributed by atoms with Crippen LogP contribution in [0.3, 0.4) is 0 Å². The highest BCUT2D eigenvalue weighted by Gasteiger charge is 2.22. The van der Waals surface area contributed by atoms with Crippen LogP contribution >= 0.6 is 12.4 Å². The lowest BCUT2D eigenvalue weighted by Gasteiger charge is -2.35. The van der Waals surface area contributed by atoms with Crippen LogP contribution in [-0.4, -0.2) is 29.8 Å². The predicted molar refractivity (Wildman–Crippen MR) is 116 cm³/mol. The summed E-state index contributed by atoms with van der Waals surface area (Å²) in [5, 5.41) is 0. The molecule has 1 heterocycles. The lowest BCUT2D eigenvalue weighted by atomic mass is 9.95. The number of carbonyl (C=O) groups excluding carboxylic acids is 1. The number of benzene rings is 2. The molecule has 1 aliphatic heterocycles. The molecule has 0 bridgehead atoms. The van der Waals surface area contributed by atoms with Crippen LogP contribution < -0.4 is 0 Å². The van der Waals surface area contributed by atoms with Crippen molar-refractivity contribution in [3.63, 3.8) is 0 Å². The Balaban J connectivity index is 0.00000261. The van der Waals surface area contributed by atoms with E-state index in [0.29, 0.717) is 12.5 Å². The number of rotatable bonds is 7. The number of ketones is 1. The highest BCUT2D eigenvalue weighted by atomic mass is 35.5. The van der Waals surface area contributed by atoms with Crippen molar-refractivity contribution in [2.75, 3.05) is 13.1 Å². The molecule has 2 aromatic rings. The van der Waals surface area contributed by atoms with Gasteiger partial charge >= 0.3 is 0 Å². The summed E-state index contributed by atoms with van der Waals surface area (Å²) >= 11 is 0. The van der Waals surface area contributed by atoms with E-state index in [1.165, 1.54) is 30.4 Å². The van der Waals surface area contributed by atoms with Gasteiger partial charge in [0.05, 0.1) is 0 Å². The third kappa shape index (κ3) is 6.97. The molecule has 1 atom stereocenters. The average molecular weight is 384 g/mol. The minimum absolute atomic E-state index is 0. The molecule has 0 aliphatic carbocycles. The summed E-state index contributed by atoms with van der Waals surface area (Å²) in [6.45, 7) is 4.06. The third-order valence-electron chi connectivity index (χ3n) is 5.25. The summed E-state index contributed by atoms with van der Waals surface area (Å²) < 4.78 is 0. The van der Waals surface area contributed by atoms with Crippen LogP contribution in [0.15, 0.2) is 60.7 Å². The van der Waals surface area contributed by atoms with Crippen LogP contribution in [0.1, 0.15) is 42.4 Å². The fourth-order valence-electron chi connectivity index (χ4n) is 3.68. The summed E-state index contributed by atoms with van der Waals surface area (Å²) in [5.74, 6) is 0.217. The van der Waals surface area contributed by atoms with Crippen LogP contribution in [0.5, 0.6) is 0 Å². The molecule has 27 heavy (non-hydrogen) atoms. The van der Waals surface area contributed by atoms with Gasteiger partial charge in [-0.25, -0.2) is 0 Å². The van der Waals surface area contributed by atoms with Gasteiger partial charge in [0.2, 0.25) is 0 Å². The van der Waals surface area contributed by atoms with E-state index in [1.807, 2.05) is 6.08 Å². The molecule has 0 amide bonds. The Kier molecular flexibility index (Phi) is 8.77. The van der Waals surface area contributed by atoms with Crippen molar-refractivity contribution < 1.29 is 4.79 Å². The molecular weight excluding hydrogens is 354 g/mol. The van der Waals surface area contributed by atoms with Crippen molar-refractivity contribution in [1.29, 1.82) is 0 Å². The van der Waals surface area contributed by atoms with E-state index < -0.39 is 0 Å². The Morgan fingerprint density at radius 2 is 1.81 bits per heavy atom. The molecule has 0 saturated carbocycles. The zero-order valence-electron chi connectivity index (χ0n) is 16.1. The van der Waals surface area contributed by atoms with Crippen molar-refractivity contribution in [3.05, 3.63) is 77.4 Å². The van der Waals surface area contributed by atoms with Crippen LogP contribution in [-0.2, 0) is 11.2 Å². The van der Waals surface area contributed by atoms with Crippen molar-refractivity contribution in [1.82, 2.24) is 4.90 Å². The number of carbonyl (C=O) groups is 1. The highest BCUT2D eigenvalue weighted by molar-refractivity contribution is 5.93. The topological polar surface area (TPSA) is 20.3 Å². The first-order chi connectivity index (χ1) is 12.7. The molecule has 1 aliphatic rings. The number of allylic oxidation sites excluding steroid dienone is 1. The Labute approximate surface area is 169 Å². The third-order valence-corrected chi connectivity index (χ3v) is 5.25. The Morgan fingerprint density at radius 1 is 1.07 bits per heavy atom. The molecule has 0 N–H and O–H groups in total. The van der Waals surface area contributed by atoms with E-state index in [2.05, 4.69) is 66.4 Å². The van der Waals surface area contributed by atoms with Crippen molar-refractivity contribution >= 4 is 24.3 Å². The lowest BCUT2D eigenvalue weighted by molar-refractivity contribution is -0.115. The molecule has 3 heteroatoms. The standard InChI is InChI=1S/C24H29NO.ClH/c1-20-10-12-21(13-11-20)14-15-24(26)16-18-25-17-6-5-9-23(25)19-22-7-3-2-4-8-22;/h2-4,7-8,10-15,23H,5-6,9,16-19H2,1H3;1H. The number of hydrogen-bond donors (Lipinski definition) is 0. The van der Waals surface area contributed by atoms with Gasteiger partial charge in [-0.3, -0.25) is 9.69 Å². The molecule has 2 nitrogen and oxygen atoms in total. The van der Waals surface area contributed by atoms with Gasteiger partial charge in [0, 0.05) is 19.0 Å². The van der Waals surface area contributed by atoms with Gasteiger partial charge in [-0.2, -0.15) is 0 Å². The second-order valence-electron chi connectivity index (χ2n) is 7.34. The van der Waals surface area contributed by atoms with Crippen LogP contribution in [0.2, 0.25) is 0 Å². The summed E-state index contributed by atoms with van der Waals surface area (Å²) in [6.07, 6.45) is 9.15. The molecule has 3 rings (SSSR count). The molecular formula is C24H30ClNO. The zero-order chi connectivity index (χ0) is 18.2. The fraction of sp³-hybridized carbons (Fsp3) is 0.375. The SMILES string of the molecule is Cc1ccc(C=CC(=O)CCN2CCCCC2Cc2ccccc2)cc1.Cl. The zero-order valence-corrected chi connectivity index (χ0v) is 17.0. The van der Waals surface area contributed by atoms with Gasteiger partial charge in [0.15, 0.2) is 5.78 Å². The van der Waals surface area contributed by atoms with Crippen molar-refractivity contribution in [2.24, 2.45) is 0 Å². The number of halogens is 1. The van der Waals surface area contributed by atoms with Crippen molar-refractivity contribution in [3.8, 4) is 0 Å². The van der Waals surface area contributed by atoms with Crippen LogP contribution in [0.4, 0.5) is 0 Å². The van der Waals surface area contributed by atoms with E-state index in [-0.39, 0.29) is 18.2 Å². The molecule has 1 unspecified atom stereocenters. The predicted octanol–water partition coefficient (Wildman–Crippen LogP) is 5.49. The van der Waals surface area contributed by atoms with E-state index in [0.717, 1.165) is 25.1 Å². The smallest absolute Gasteiger partial charge is 0.156 e. The van der Waals surface area contributed by atoms with Crippen LogP contribution in [0.25, 0.3) is 6.08 Å². The van der Waals surface area contributed by atoms with Gasteiger partial charge in [0.1, 0.15) is 0 Å². The average Bonchev–Trinajstić information content (AvgIpc) is 2.68. The number of hydrogen-bond acceptors (Lipinski definition) is 2. The molecule has 2 aromatic carbocycles. The molecule has 144 valence electrons. The van der Waals surface area contributed by atoms with E-state index in [1.54, 1.807) is 6.08 Å². The first-order valence-electron chi connectivity index (χ1n) is 9.76. The van der Waals surface area contributed by atoms with Crippen molar-refractivity contribution in [2.45, 2.75) is 45.1 Å². The van der Waals surface area contributed by atoms with Crippen LogP contribution in [0, 0.1) is 6.92 Å². The minimum atomic E-state index is 0. The molecule has 1 fully saturated rings. The number of aryl methyl sites for hydroxylation is 1. The maximum atomic E-state index is 12.3. The summed E-state index contributed by atoms with van der Waals surface area (Å²) in [4.78, 5) is 14.8. The first kappa shape index (κ1) is 21.4. The highest BCUT2D eigenvalue weighted by Crippen LogP contribution is 2.21.